The van der Waals surface area contributed by atoms with Crippen LogP contribution in [0.1, 0.15) is 44.0 Å². The lowest BCUT2D eigenvalue weighted by Gasteiger charge is -2.22. The van der Waals surface area contributed by atoms with Crippen molar-refractivity contribution in [1.82, 2.24) is 5.32 Å². The Hall–Kier alpha value is -0.960. The van der Waals surface area contributed by atoms with E-state index in [1.165, 1.54) is 0 Å². The van der Waals surface area contributed by atoms with Gasteiger partial charge in [0.1, 0.15) is 0 Å². The Morgan fingerprint density at radius 3 is 2.24 bits per heavy atom. The molecule has 1 atom stereocenters. The smallest absolute Gasteiger partial charge is 0.251 e. The summed E-state index contributed by atoms with van der Waals surface area (Å²) in [5.41, 5.74) is 0.695. The van der Waals surface area contributed by atoms with Crippen LogP contribution >= 0.6 is 12.6 Å². The quantitative estimate of drug-likeness (QED) is 0.770. The minimum Gasteiger partial charge on any atom is -0.349 e. The molecule has 0 fully saturated rings. The van der Waals surface area contributed by atoms with Crippen LogP contribution in [0.25, 0.3) is 0 Å². The molecule has 1 aromatic carbocycles. The van der Waals surface area contributed by atoms with Crippen molar-refractivity contribution < 1.29 is 4.79 Å². The van der Waals surface area contributed by atoms with Crippen molar-refractivity contribution >= 4 is 18.5 Å². The van der Waals surface area contributed by atoms with Crippen LogP contribution < -0.4 is 5.32 Å². The SMILES string of the molecule is CCC(CC)C(C)NC(=O)c1ccc(S)cc1. The first-order valence-electron chi connectivity index (χ1n) is 6.18. The molecule has 2 nitrogen and oxygen atoms in total. The topological polar surface area (TPSA) is 29.1 Å². The Bertz CT molecular complexity index is 357. The van der Waals surface area contributed by atoms with E-state index < -0.39 is 0 Å². The molecule has 0 saturated heterocycles. The predicted molar refractivity (Wildman–Crippen MR) is 74.7 cm³/mol. The molecule has 1 rings (SSSR count). The largest absolute Gasteiger partial charge is 0.349 e. The first-order chi connectivity index (χ1) is 8.08. The summed E-state index contributed by atoms with van der Waals surface area (Å²) in [6.07, 6.45) is 2.18. The van der Waals surface area contributed by atoms with Crippen molar-refractivity contribution in [3.8, 4) is 0 Å². The van der Waals surface area contributed by atoms with Crippen LogP contribution in [0.5, 0.6) is 0 Å². The van der Waals surface area contributed by atoms with Crippen molar-refractivity contribution in [1.29, 1.82) is 0 Å². The molecule has 0 spiro atoms. The molecule has 0 saturated carbocycles. The van der Waals surface area contributed by atoms with Gasteiger partial charge >= 0.3 is 0 Å². The third-order valence-electron chi connectivity index (χ3n) is 3.24. The molecule has 0 aliphatic rings. The normalized spacial score (nSPS) is 12.5. The summed E-state index contributed by atoms with van der Waals surface area (Å²) in [7, 11) is 0. The monoisotopic (exact) mass is 251 g/mol. The number of carbonyl (C=O) groups excluding carboxylic acids is 1. The maximum absolute atomic E-state index is 12.0. The minimum atomic E-state index is -0.00210. The van der Waals surface area contributed by atoms with Crippen LogP contribution in [0, 0.1) is 5.92 Å². The van der Waals surface area contributed by atoms with Gasteiger partial charge in [-0.3, -0.25) is 4.79 Å². The third-order valence-corrected chi connectivity index (χ3v) is 3.54. The van der Waals surface area contributed by atoms with E-state index in [0.717, 1.165) is 17.7 Å². The Labute approximate surface area is 109 Å². The molecule has 17 heavy (non-hydrogen) atoms. The molecule has 1 aromatic rings. The van der Waals surface area contributed by atoms with Crippen LogP contribution in [0.15, 0.2) is 29.2 Å². The van der Waals surface area contributed by atoms with Gasteiger partial charge in [-0.2, -0.15) is 0 Å². The summed E-state index contributed by atoms with van der Waals surface area (Å²) in [6, 6.07) is 7.49. The van der Waals surface area contributed by atoms with Crippen LogP contribution in [0.4, 0.5) is 0 Å². The second-order valence-electron chi connectivity index (χ2n) is 4.39. The van der Waals surface area contributed by atoms with Gasteiger partial charge < -0.3 is 5.32 Å². The van der Waals surface area contributed by atoms with Gasteiger partial charge in [0.25, 0.3) is 5.91 Å². The van der Waals surface area contributed by atoms with Crippen molar-refractivity contribution in [2.45, 2.75) is 44.6 Å². The van der Waals surface area contributed by atoms with Crippen molar-refractivity contribution in [2.24, 2.45) is 5.92 Å². The standard InChI is InChI=1S/C14H21NOS/c1-4-11(5-2)10(3)15-14(16)12-6-8-13(17)9-7-12/h6-11,17H,4-5H2,1-3H3,(H,15,16). The second-order valence-corrected chi connectivity index (χ2v) is 4.90. The Kier molecular flexibility index (Phi) is 5.56. The Morgan fingerprint density at radius 2 is 1.76 bits per heavy atom. The molecule has 0 aromatic heterocycles. The zero-order valence-corrected chi connectivity index (χ0v) is 11.6. The highest BCUT2D eigenvalue weighted by molar-refractivity contribution is 7.80. The second kappa shape index (κ2) is 6.70. The molecule has 1 N–H and O–H groups in total. The van der Waals surface area contributed by atoms with Gasteiger partial charge in [-0.25, -0.2) is 0 Å². The number of nitrogens with one attached hydrogen (secondary N) is 1. The van der Waals surface area contributed by atoms with Crippen LogP contribution in [0.3, 0.4) is 0 Å². The van der Waals surface area contributed by atoms with Crippen molar-refractivity contribution in [3.05, 3.63) is 29.8 Å². The summed E-state index contributed by atoms with van der Waals surface area (Å²) in [5.74, 6) is 0.542. The number of hydrogen-bond donors (Lipinski definition) is 2. The van der Waals surface area contributed by atoms with Gasteiger partial charge in [0, 0.05) is 16.5 Å². The summed E-state index contributed by atoms with van der Waals surface area (Å²) >= 11 is 4.20. The minimum absolute atomic E-state index is 0.00210. The number of hydrogen-bond acceptors (Lipinski definition) is 2. The predicted octanol–water partition coefficient (Wildman–Crippen LogP) is 3.53. The van der Waals surface area contributed by atoms with Crippen molar-refractivity contribution in [3.63, 3.8) is 0 Å². The average Bonchev–Trinajstić information content (AvgIpc) is 2.31. The molecule has 0 heterocycles. The van der Waals surface area contributed by atoms with E-state index in [1.807, 2.05) is 12.1 Å². The molecule has 0 aliphatic heterocycles. The fourth-order valence-electron chi connectivity index (χ4n) is 2.02. The average molecular weight is 251 g/mol. The number of benzene rings is 1. The molecule has 0 aliphatic carbocycles. The summed E-state index contributed by atoms with van der Waals surface area (Å²) < 4.78 is 0. The van der Waals surface area contributed by atoms with E-state index in [4.69, 9.17) is 0 Å². The van der Waals surface area contributed by atoms with E-state index in [0.29, 0.717) is 11.5 Å². The first kappa shape index (κ1) is 14.1. The number of carbonyl (C=O) groups is 1. The van der Waals surface area contributed by atoms with Gasteiger partial charge in [0.2, 0.25) is 0 Å². The summed E-state index contributed by atoms with van der Waals surface area (Å²) in [4.78, 5) is 12.8. The molecule has 0 bridgehead atoms. The lowest BCUT2D eigenvalue weighted by atomic mass is 9.95. The first-order valence-corrected chi connectivity index (χ1v) is 6.63. The van der Waals surface area contributed by atoms with Gasteiger partial charge in [0.05, 0.1) is 0 Å². The van der Waals surface area contributed by atoms with E-state index in [-0.39, 0.29) is 11.9 Å². The third kappa shape index (κ3) is 4.08. The number of rotatable bonds is 5. The van der Waals surface area contributed by atoms with E-state index in [2.05, 4.69) is 38.7 Å². The molecule has 1 amide bonds. The van der Waals surface area contributed by atoms with E-state index in [9.17, 15) is 4.79 Å². The molecule has 3 heteroatoms. The van der Waals surface area contributed by atoms with E-state index in [1.54, 1.807) is 12.1 Å². The van der Waals surface area contributed by atoms with E-state index >= 15 is 0 Å². The zero-order valence-electron chi connectivity index (χ0n) is 10.7. The summed E-state index contributed by atoms with van der Waals surface area (Å²) in [5, 5.41) is 3.05. The highest BCUT2D eigenvalue weighted by Gasteiger charge is 2.16. The maximum atomic E-state index is 12.0. The highest BCUT2D eigenvalue weighted by atomic mass is 32.1. The Balaban J connectivity index is 2.62. The lowest BCUT2D eigenvalue weighted by Crippen LogP contribution is -2.37. The van der Waals surface area contributed by atoms with Crippen molar-refractivity contribution in [2.75, 3.05) is 0 Å². The van der Waals surface area contributed by atoms with Crippen LogP contribution in [-0.2, 0) is 0 Å². The zero-order chi connectivity index (χ0) is 12.8. The molecular weight excluding hydrogens is 230 g/mol. The number of thiol groups is 1. The fourth-order valence-corrected chi connectivity index (χ4v) is 2.17. The fraction of sp³-hybridized carbons (Fsp3) is 0.500. The summed E-state index contributed by atoms with van der Waals surface area (Å²) in [6.45, 7) is 6.39. The maximum Gasteiger partial charge on any atom is 0.251 e. The lowest BCUT2D eigenvalue weighted by molar-refractivity contribution is 0.0925. The van der Waals surface area contributed by atoms with Gasteiger partial charge in [-0.05, 0) is 37.1 Å². The Morgan fingerprint density at radius 1 is 1.24 bits per heavy atom. The van der Waals surface area contributed by atoms with Crippen LogP contribution in [-0.4, -0.2) is 11.9 Å². The van der Waals surface area contributed by atoms with Crippen LogP contribution in [0.2, 0.25) is 0 Å². The van der Waals surface area contributed by atoms with Gasteiger partial charge in [-0.1, -0.05) is 26.7 Å². The molecule has 0 radical (unpaired) electrons. The molecule has 94 valence electrons. The van der Waals surface area contributed by atoms with Gasteiger partial charge in [0.15, 0.2) is 0 Å². The number of amides is 1. The molecular formula is C14H21NOS. The van der Waals surface area contributed by atoms with Gasteiger partial charge in [-0.15, -0.1) is 12.6 Å². The highest BCUT2D eigenvalue weighted by Crippen LogP contribution is 2.14. The molecule has 1 unspecified atom stereocenters.